The highest BCUT2D eigenvalue weighted by Crippen LogP contribution is 2.22. The van der Waals surface area contributed by atoms with Gasteiger partial charge in [-0.25, -0.2) is 14.4 Å². The van der Waals surface area contributed by atoms with Crippen LogP contribution in [0.5, 0.6) is 0 Å². The molecule has 0 fully saturated rings. The van der Waals surface area contributed by atoms with E-state index in [1.807, 2.05) is 60.7 Å². The summed E-state index contributed by atoms with van der Waals surface area (Å²) in [5, 5.41) is 10.8. The number of ether oxygens (including phenoxy) is 3. The zero-order valence-electron chi connectivity index (χ0n) is 29.0. The molecule has 0 saturated carbocycles. The second-order valence-electron chi connectivity index (χ2n) is 13.3. The molecule has 0 unspecified atom stereocenters. The Hall–Kier alpha value is -5.39. The van der Waals surface area contributed by atoms with Crippen LogP contribution in [0.15, 0.2) is 78.9 Å². The van der Waals surface area contributed by atoms with Crippen LogP contribution in [-0.2, 0) is 36.6 Å². The topological polar surface area (TPSA) is 161 Å². The van der Waals surface area contributed by atoms with E-state index in [0.29, 0.717) is 0 Å². The molecule has 0 heterocycles. The van der Waals surface area contributed by atoms with Gasteiger partial charge in [-0.05, 0) is 77.8 Å². The number of hydrogen-bond donors (Lipinski definition) is 4. The minimum absolute atomic E-state index is 0.0503. The molecule has 12 nitrogen and oxygen atoms in total. The lowest BCUT2D eigenvalue weighted by Gasteiger charge is -2.24. The molecule has 3 aromatic rings. The predicted octanol–water partition coefficient (Wildman–Crippen LogP) is 6.01. The molecule has 0 aliphatic carbocycles. The van der Waals surface area contributed by atoms with Crippen LogP contribution in [0.4, 0.5) is 21.0 Å². The maximum Gasteiger partial charge on any atom is 0.408 e. The third kappa shape index (κ3) is 13.7. The van der Waals surface area contributed by atoms with Gasteiger partial charge in [-0.3, -0.25) is 9.59 Å². The van der Waals surface area contributed by atoms with Crippen molar-refractivity contribution in [2.45, 2.75) is 84.6 Å². The van der Waals surface area contributed by atoms with Gasteiger partial charge in [0.05, 0.1) is 12.2 Å². The van der Waals surface area contributed by atoms with Crippen LogP contribution >= 0.6 is 0 Å². The molecule has 0 radical (unpaired) electrons. The highest BCUT2D eigenvalue weighted by Gasteiger charge is 2.27. The molecular weight excluding hydrogens is 628 g/mol. The summed E-state index contributed by atoms with van der Waals surface area (Å²) >= 11 is 0. The van der Waals surface area contributed by atoms with Gasteiger partial charge in [-0.15, -0.1) is 0 Å². The van der Waals surface area contributed by atoms with Gasteiger partial charge in [0.2, 0.25) is 11.8 Å². The lowest BCUT2D eigenvalue weighted by atomic mass is 10.0. The van der Waals surface area contributed by atoms with E-state index >= 15 is 0 Å². The summed E-state index contributed by atoms with van der Waals surface area (Å²) in [7, 11) is 0. The molecule has 0 saturated heterocycles. The predicted molar refractivity (Wildman–Crippen MR) is 186 cm³/mol. The Balaban J connectivity index is 1.91. The number of carbonyl (C=O) groups is 5. The number of alkyl carbamates (subject to hydrolysis) is 2. The minimum Gasteiger partial charge on any atom is -0.462 e. The van der Waals surface area contributed by atoms with Gasteiger partial charge in [-0.1, -0.05) is 60.7 Å². The van der Waals surface area contributed by atoms with Gasteiger partial charge < -0.3 is 35.5 Å². The number of rotatable bonds is 12. The first-order valence-electron chi connectivity index (χ1n) is 16.0. The van der Waals surface area contributed by atoms with E-state index in [-0.39, 0.29) is 36.4 Å². The Kier molecular flexibility index (Phi) is 13.3. The van der Waals surface area contributed by atoms with Crippen molar-refractivity contribution in [1.82, 2.24) is 10.6 Å². The van der Waals surface area contributed by atoms with Crippen molar-refractivity contribution in [3.8, 4) is 0 Å². The SMILES string of the molecule is CCOC(=O)c1cc(NC(=O)[C@H](Cc2ccccc2)NC(=O)OC(C)(C)C)cc(NC(=O)[C@H](Cc2ccccc2)NC(=O)OC(C)(C)C)c1. The zero-order chi connectivity index (χ0) is 36.2. The van der Waals surface area contributed by atoms with Crippen molar-refractivity contribution in [3.63, 3.8) is 0 Å². The maximum absolute atomic E-state index is 13.7. The smallest absolute Gasteiger partial charge is 0.408 e. The Bertz CT molecular complexity index is 1490. The van der Waals surface area contributed by atoms with E-state index in [9.17, 15) is 24.0 Å². The molecule has 12 heteroatoms. The van der Waals surface area contributed by atoms with Crippen molar-refractivity contribution in [2.75, 3.05) is 17.2 Å². The summed E-state index contributed by atoms with van der Waals surface area (Å²) in [5.41, 5.74) is 0.326. The average Bonchev–Trinajstić information content (AvgIpc) is 2.99. The molecule has 4 N–H and O–H groups in total. The largest absolute Gasteiger partial charge is 0.462 e. The molecule has 3 rings (SSSR count). The van der Waals surface area contributed by atoms with Gasteiger partial charge in [0.25, 0.3) is 0 Å². The van der Waals surface area contributed by atoms with Crippen LogP contribution < -0.4 is 21.3 Å². The Morgan fingerprint density at radius 3 is 1.35 bits per heavy atom. The van der Waals surface area contributed by atoms with Crippen LogP contribution in [0.2, 0.25) is 0 Å². The fourth-order valence-corrected chi connectivity index (χ4v) is 4.58. The molecule has 0 spiro atoms. The molecule has 49 heavy (non-hydrogen) atoms. The number of benzene rings is 3. The van der Waals surface area contributed by atoms with Crippen molar-refractivity contribution in [1.29, 1.82) is 0 Å². The van der Waals surface area contributed by atoms with Gasteiger partial charge >= 0.3 is 18.2 Å². The third-order valence-corrected chi connectivity index (χ3v) is 6.56. The zero-order valence-corrected chi connectivity index (χ0v) is 29.0. The van der Waals surface area contributed by atoms with Crippen molar-refractivity contribution >= 4 is 41.3 Å². The summed E-state index contributed by atoms with van der Waals surface area (Å²) in [6.07, 6.45) is -1.27. The number of anilines is 2. The minimum atomic E-state index is -1.06. The number of hydrogen-bond acceptors (Lipinski definition) is 8. The lowest BCUT2D eigenvalue weighted by molar-refractivity contribution is -0.118. The van der Waals surface area contributed by atoms with Crippen LogP contribution in [0.3, 0.4) is 0 Å². The van der Waals surface area contributed by atoms with E-state index in [1.165, 1.54) is 18.2 Å². The fraction of sp³-hybridized carbons (Fsp3) is 0.378. The molecule has 4 amide bonds. The van der Waals surface area contributed by atoms with Gasteiger partial charge in [-0.2, -0.15) is 0 Å². The summed E-state index contributed by atoms with van der Waals surface area (Å²) < 4.78 is 16.0. The van der Waals surface area contributed by atoms with Crippen LogP contribution in [-0.4, -0.2) is 59.9 Å². The monoisotopic (exact) mass is 674 g/mol. The van der Waals surface area contributed by atoms with E-state index in [0.717, 1.165) is 11.1 Å². The maximum atomic E-state index is 13.7. The number of amides is 4. The van der Waals surface area contributed by atoms with E-state index in [4.69, 9.17) is 14.2 Å². The number of esters is 1. The fourth-order valence-electron chi connectivity index (χ4n) is 4.58. The van der Waals surface area contributed by atoms with E-state index < -0.39 is 53.3 Å². The Labute approximate surface area is 287 Å². The lowest BCUT2D eigenvalue weighted by Crippen LogP contribution is -2.47. The standard InChI is InChI=1S/C37H46N4O8/c1-8-47-33(44)26-21-27(38-31(42)29(19-24-15-11-9-12-16-24)40-34(45)48-36(2,3)4)23-28(22-26)39-32(43)30(20-25-17-13-10-14-18-25)41-35(46)49-37(5,6)7/h9-18,21-23,29-30H,8,19-20H2,1-7H3,(H,38,42)(H,39,43)(H,40,45)(H,41,46)/t29-,30-/m0/s1. The Morgan fingerprint density at radius 1 is 0.612 bits per heavy atom. The van der Waals surface area contributed by atoms with Gasteiger partial charge in [0, 0.05) is 24.2 Å². The first-order chi connectivity index (χ1) is 23.0. The third-order valence-electron chi connectivity index (χ3n) is 6.56. The molecule has 0 aliphatic rings. The molecule has 3 aromatic carbocycles. The second-order valence-corrected chi connectivity index (χ2v) is 13.3. The highest BCUT2D eigenvalue weighted by molar-refractivity contribution is 6.02. The summed E-state index contributed by atoms with van der Waals surface area (Å²) in [5.74, 6) is -1.88. The Morgan fingerprint density at radius 2 is 1.00 bits per heavy atom. The summed E-state index contributed by atoms with van der Waals surface area (Å²) in [4.78, 5) is 65.5. The van der Waals surface area contributed by atoms with Crippen LogP contribution in [0.1, 0.15) is 70.0 Å². The summed E-state index contributed by atoms with van der Waals surface area (Å²) in [6, 6.07) is 20.4. The van der Waals surface area contributed by atoms with E-state index in [1.54, 1.807) is 48.5 Å². The normalized spacial score (nSPS) is 12.5. The molecule has 0 aromatic heterocycles. The molecule has 0 aliphatic heterocycles. The molecule has 2 atom stereocenters. The van der Waals surface area contributed by atoms with E-state index in [2.05, 4.69) is 21.3 Å². The molecular formula is C37H46N4O8. The number of carbonyl (C=O) groups excluding carboxylic acids is 5. The van der Waals surface area contributed by atoms with Crippen molar-refractivity contribution in [2.24, 2.45) is 0 Å². The molecule has 262 valence electrons. The van der Waals surface area contributed by atoms with Gasteiger partial charge in [0.15, 0.2) is 0 Å². The van der Waals surface area contributed by atoms with Crippen molar-refractivity contribution in [3.05, 3.63) is 95.6 Å². The first kappa shape index (κ1) is 38.1. The van der Waals surface area contributed by atoms with Crippen LogP contribution in [0.25, 0.3) is 0 Å². The average molecular weight is 675 g/mol. The van der Waals surface area contributed by atoms with Crippen LogP contribution in [0, 0.1) is 0 Å². The van der Waals surface area contributed by atoms with Gasteiger partial charge in [0.1, 0.15) is 23.3 Å². The molecule has 0 bridgehead atoms. The highest BCUT2D eigenvalue weighted by atomic mass is 16.6. The second kappa shape index (κ2) is 17.1. The first-order valence-corrected chi connectivity index (χ1v) is 16.0. The quantitative estimate of drug-likeness (QED) is 0.134. The summed E-state index contributed by atoms with van der Waals surface area (Å²) in [6.45, 7) is 12.0. The number of nitrogens with one attached hydrogen (secondary N) is 4. The van der Waals surface area contributed by atoms with Crippen molar-refractivity contribution < 1.29 is 38.2 Å².